The number of likely N-dealkylation sites (N-methyl/N-ethyl adjacent to an activating group) is 1. The van der Waals surface area contributed by atoms with Crippen molar-refractivity contribution in [1.82, 2.24) is 15.2 Å². The van der Waals surface area contributed by atoms with Gasteiger partial charge in [0.05, 0.1) is 11.7 Å². The number of carboxylic acids is 2. The molecule has 0 radical (unpaired) electrons. The van der Waals surface area contributed by atoms with Crippen LogP contribution in [0.25, 0.3) is 11.3 Å². The van der Waals surface area contributed by atoms with Crippen molar-refractivity contribution >= 4 is 23.7 Å². The summed E-state index contributed by atoms with van der Waals surface area (Å²) in [5.74, 6) is -2.33. The molecule has 3 rings (SSSR count). The molecular weight excluding hydrogens is 404 g/mol. The van der Waals surface area contributed by atoms with Crippen LogP contribution in [-0.2, 0) is 11.2 Å². The molecule has 31 heavy (non-hydrogen) atoms. The first-order valence-electron chi connectivity index (χ1n) is 9.77. The van der Waals surface area contributed by atoms with Gasteiger partial charge in [-0.2, -0.15) is 0 Å². The highest BCUT2D eigenvalue weighted by atomic mass is 16.4. The number of aryl methyl sites for hydroxylation is 1. The summed E-state index contributed by atoms with van der Waals surface area (Å²) in [6.07, 6.45) is 0.567. The van der Waals surface area contributed by atoms with Gasteiger partial charge in [0.2, 0.25) is 0 Å². The van der Waals surface area contributed by atoms with E-state index in [1.54, 1.807) is 0 Å². The van der Waals surface area contributed by atoms with Crippen LogP contribution < -0.4 is 15.8 Å². The molecule has 0 atom stereocenters. The van der Waals surface area contributed by atoms with Gasteiger partial charge in [0.1, 0.15) is 12.1 Å². The van der Waals surface area contributed by atoms with Crippen molar-refractivity contribution < 1.29 is 24.6 Å². The maximum atomic E-state index is 12.1. The standard InChI is InChI=1S/C21H24N4O6/c1-3-12-8-16(20(29)30)19(28)23-18(12)13-4-6-15(7-5-13)25-9-14(10-25)22-21(31)24(2)11-17(26)27/h4-8,14H,3,9-11H2,1-2H3,(H,22,31)(H,23,28)(H,26,27)(H,29,30). The lowest BCUT2D eigenvalue weighted by atomic mass is 10.0. The molecule has 10 nitrogen and oxygen atoms in total. The highest BCUT2D eigenvalue weighted by Crippen LogP contribution is 2.27. The molecule has 0 bridgehead atoms. The van der Waals surface area contributed by atoms with Crippen LogP contribution in [0.5, 0.6) is 0 Å². The van der Waals surface area contributed by atoms with Crippen molar-refractivity contribution in [2.24, 2.45) is 0 Å². The van der Waals surface area contributed by atoms with Gasteiger partial charge in [-0.15, -0.1) is 0 Å². The number of aromatic amines is 1. The van der Waals surface area contributed by atoms with Gasteiger partial charge >= 0.3 is 18.0 Å². The molecule has 1 aromatic carbocycles. The highest BCUT2D eigenvalue weighted by Gasteiger charge is 2.29. The van der Waals surface area contributed by atoms with Gasteiger partial charge < -0.3 is 30.3 Å². The van der Waals surface area contributed by atoms with Crippen LogP contribution in [0.3, 0.4) is 0 Å². The van der Waals surface area contributed by atoms with Crippen molar-refractivity contribution in [3.8, 4) is 11.3 Å². The maximum Gasteiger partial charge on any atom is 0.341 e. The SMILES string of the molecule is CCc1cc(C(=O)O)c(=O)[nH]c1-c1ccc(N2CC(NC(=O)N(C)CC(=O)O)C2)cc1. The van der Waals surface area contributed by atoms with E-state index in [0.717, 1.165) is 21.7 Å². The Labute approximate surface area is 178 Å². The fourth-order valence-electron chi connectivity index (χ4n) is 3.45. The van der Waals surface area contributed by atoms with Gasteiger partial charge in [-0.25, -0.2) is 9.59 Å². The maximum absolute atomic E-state index is 12.1. The second-order valence-corrected chi connectivity index (χ2v) is 7.42. The Morgan fingerprint density at radius 1 is 1.19 bits per heavy atom. The number of hydrogen-bond acceptors (Lipinski definition) is 5. The van der Waals surface area contributed by atoms with E-state index in [1.165, 1.54) is 13.1 Å². The summed E-state index contributed by atoms with van der Waals surface area (Å²) in [5, 5.41) is 20.7. The number of carboxylic acid groups (broad SMARTS) is 2. The van der Waals surface area contributed by atoms with Gasteiger partial charge in [-0.3, -0.25) is 9.59 Å². The lowest BCUT2D eigenvalue weighted by molar-refractivity contribution is -0.137. The quantitative estimate of drug-likeness (QED) is 0.519. The van der Waals surface area contributed by atoms with Crippen molar-refractivity contribution in [1.29, 1.82) is 0 Å². The molecular formula is C21H24N4O6. The van der Waals surface area contributed by atoms with Gasteiger partial charge in [0.15, 0.2) is 0 Å². The summed E-state index contributed by atoms with van der Waals surface area (Å²) in [6.45, 7) is 2.71. The summed E-state index contributed by atoms with van der Waals surface area (Å²) < 4.78 is 0. The third kappa shape index (κ3) is 4.85. The molecule has 1 aromatic heterocycles. The number of anilines is 1. The van der Waals surface area contributed by atoms with Gasteiger partial charge in [0, 0.05) is 25.8 Å². The van der Waals surface area contributed by atoms with E-state index < -0.39 is 23.5 Å². The minimum absolute atomic E-state index is 0.0740. The first-order chi connectivity index (χ1) is 14.7. The van der Waals surface area contributed by atoms with E-state index >= 15 is 0 Å². The number of amides is 2. The molecule has 1 aliphatic rings. The zero-order valence-electron chi connectivity index (χ0n) is 17.2. The predicted octanol–water partition coefficient (Wildman–Crippen LogP) is 1.22. The molecule has 1 fully saturated rings. The summed E-state index contributed by atoms with van der Waals surface area (Å²) in [5.41, 5.74) is 2.13. The number of aromatic carboxylic acids is 1. The summed E-state index contributed by atoms with van der Waals surface area (Å²) in [4.78, 5) is 51.7. The number of pyridine rings is 1. The Hall–Kier alpha value is -3.82. The number of nitrogens with one attached hydrogen (secondary N) is 2. The van der Waals surface area contributed by atoms with Crippen LogP contribution in [0.15, 0.2) is 35.1 Å². The number of H-pyrrole nitrogens is 1. The first kappa shape index (κ1) is 21.9. The Balaban J connectivity index is 1.65. The van der Waals surface area contributed by atoms with Crippen molar-refractivity contribution in [3.05, 3.63) is 51.8 Å². The third-order valence-corrected chi connectivity index (χ3v) is 5.18. The van der Waals surface area contributed by atoms with Gasteiger partial charge in [0.25, 0.3) is 5.56 Å². The molecule has 1 aliphatic heterocycles. The van der Waals surface area contributed by atoms with Crippen LogP contribution in [0.1, 0.15) is 22.8 Å². The van der Waals surface area contributed by atoms with Crippen LogP contribution in [0.2, 0.25) is 0 Å². The second kappa shape index (κ2) is 8.90. The smallest absolute Gasteiger partial charge is 0.341 e. The number of benzene rings is 1. The van der Waals surface area contributed by atoms with Gasteiger partial charge in [-0.1, -0.05) is 19.1 Å². The molecule has 0 saturated carbocycles. The van der Waals surface area contributed by atoms with Crippen LogP contribution in [0.4, 0.5) is 10.5 Å². The zero-order valence-corrected chi connectivity index (χ0v) is 17.2. The topological polar surface area (TPSA) is 143 Å². The third-order valence-electron chi connectivity index (χ3n) is 5.18. The Morgan fingerprint density at radius 2 is 1.84 bits per heavy atom. The van der Waals surface area contributed by atoms with E-state index in [9.17, 15) is 19.2 Å². The summed E-state index contributed by atoms with van der Waals surface area (Å²) >= 11 is 0. The summed E-state index contributed by atoms with van der Waals surface area (Å²) in [7, 11) is 1.43. The van der Waals surface area contributed by atoms with Crippen LogP contribution in [0, 0.1) is 0 Å². The summed E-state index contributed by atoms with van der Waals surface area (Å²) in [6, 6.07) is 8.41. The number of carbonyl (C=O) groups is 3. The number of nitrogens with zero attached hydrogens (tertiary/aromatic N) is 2. The van der Waals surface area contributed by atoms with Crippen molar-refractivity contribution in [2.75, 3.05) is 31.6 Å². The molecule has 10 heteroatoms. The molecule has 164 valence electrons. The van der Waals surface area contributed by atoms with Crippen LogP contribution in [-0.4, -0.2) is 70.8 Å². The number of rotatable bonds is 7. The van der Waals surface area contributed by atoms with E-state index in [1.807, 2.05) is 31.2 Å². The zero-order chi connectivity index (χ0) is 22.7. The van der Waals surface area contributed by atoms with E-state index in [4.69, 9.17) is 10.2 Å². The Bertz CT molecular complexity index is 1060. The molecule has 1 saturated heterocycles. The normalized spacial score (nSPS) is 13.4. The minimum atomic E-state index is -1.26. The minimum Gasteiger partial charge on any atom is -0.480 e. The van der Waals surface area contributed by atoms with Gasteiger partial charge in [-0.05, 0) is 35.7 Å². The monoisotopic (exact) mass is 428 g/mol. The predicted molar refractivity (Wildman–Crippen MR) is 114 cm³/mol. The van der Waals surface area contributed by atoms with Crippen LogP contribution >= 0.6 is 0 Å². The molecule has 2 amide bonds. The fourth-order valence-corrected chi connectivity index (χ4v) is 3.45. The van der Waals surface area contributed by atoms with Crippen molar-refractivity contribution in [3.63, 3.8) is 0 Å². The fraction of sp³-hybridized carbons (Fsp3) is 0.333. The average Bonchev–Trinajstić information content (AvgIpc) is 2.69. The van der Waals surface area contributed by atoms with E-state index in [0.29, 0.717) is 25.2 Å². The molecule has 2 aromatic rings. The molecule has 0 aliphatic carbocycles. The number of carbonyl (C=O) groups excluding carboxylic acids is 1. The second-order valence-electron chi connectivity index (χ2n) is 7.42. The Morgan fingerprint density at radius 3 is 2.39 bits per heavy atom. The Kier molecular flexibility index (Phi) is 6.28. The number of urea groups is 1. The molecule has 4 N–H and O–H groups in total. The number of aliphatic carboxylic acids is 1. The van der Waals surface area contributed by atoms with Crippen molar-refractivity contribution in [2.45, 2.75) is 19.4 Å². The lowest BCUT2D eigenvalue weighted by Crippen LogP contribution is -2.61. The average molecular weight is 428 g/mol. The highest BCUT2D eigenvalue weighted by molar-refractivity contribution is 5.88. The molecule has 0 spiro atoms. The largest absolute Gasteiger partial charge is 0.480 e. The molecule has 0 unspecified atom stereocenters. The first-order valence-corrected chi connectivity index (χ1v) is 9.77. The van der Waals surface area contributed by atoms with E-state index in [-0.39, 0.29) is 18.2 Å². The van der Waals surface area contributed by atoms with E-state index in [2.05, 4.69) is 15.2 Å². The molecule has 2 heterocycles. The number of hydrogen-bond donors (Lipinski definition) is 4. The lowest BCUT2D eigenvalue weighted by Gasteiger charge is -2.41. The number of aromatic nitrogens is 1.